The van der Waals surface area contributed by atoms with Gasteiger partial charge in [0, 0.05) is 30.0 Å². The zero-order valence-corrected chi connectivity index (χ0v) is 20.3. The van der Waals surface area contributed by atoms with E-state index in [4.69, 9.17) is 4.42 Å². The fourth-order valence-electron chi connectivity index (χ4n) is 4.95. The molecular weight excluding hydrogens is 440 g/mol. The highest BCUT2D eigenvalue weighted by Gasteiger charge is 2.48. The van der Waals surface area contributed by atoms with Crippen molar-refractivity contribution in [1.82, 2.24) is 0 Å². The van der Waals surface area contributed by atoms with Crippen molar-refractivity contribution < 1.29 is 19.1 Å². The SMILES string of the molecule is Cc1ccc(/C(O)=C2/C(=O)C(=O)N(c3ccc(N4CCC(C)CC4)cc3)C2c2ccco2)cc1C. The van der Waals surface area contributed by atoms with E-state index in [1.807, 2.05) is 50.2 Å². The lowest BCUT2D eigenvalue weighted by atomic mass is 9.97. The summed E-state index contributed by atoms with van der Waals surface area (Å²) in [5.74, 6) is -0.450. The van der Waals surface area contributed by atoms with Gasteiger partial charge < -0.3 is 14.4 Å². The van der Waals surface area contributed by atoms with Gasteiger partial charge in [0.05, 0.1) is 11.8 Å². The largest absolute Gasteiger partial charge is 0.507 e. The van der Waals surface area contributed by atoms with Crippen LogP contribution < -0.4 is 9.80 Å². The molecule has 6 nitrogen and oxygen atoms in total. The second-order valence-corrected chi connectivity index (χ2v) is 9.67. The Morgan fingerprint density at radius 1 is 0.943 bits per heavy atom. The van der Waals surface area contributed by atoms with Crippen LogP contribution in [0.5, 0.6) is 0 Å². The van der Waals surface area contributed by atoms with E-state index in [9.17, 15) is 14.7 Å². The van der Waals surface area contributed by atoms with Crippen molar-refractivity contribution in [2.24, 2.45) is 5.92 Å². The second-order valence-electron chi connectivity index (χ2n) is 9.67. The lowest BCUT2D eigenvalue weighted by Gasteiger charge is -2.32. The van der Waals surface area contributed by atoms with Crippen LogP contribution in [0.3, 0.4) is 0 Å². The first-order chi connectivity index (χ1) is 16.8. The van der Waals surface area contributed by atoms with Gasteiger partial charge in [-0.1, -0.05) is 19.1 Å². The van der Waals surface area contributed by atoms with Gasteiger partial charge in [-0.2, -0.15) is 0 Å². The molecule has 35 heavy (non-hydrogen) atoms. The number of Topliss-reactive ketones (excluding diaryl/α,β-unsaturated/α-hetero) is 1. The molecule has 0 bridgehead atoms. The summed E-state index contributed by atoms with van der Waals surface area (Å²) in [5, 5.41) is 11.2. The van der Waals surface area contributed by atoms with Gasteiger partial charge in [0.2, 0.25) is 0 Å². The molecule has 0 radical (unpaired) electrons. The zero-order valence-electron chi connectivity index (χ0n) is 20.3. The third-order valence-corrected chi connectivity index (χ3v) is 7.31. The van der Waals surface area contributed by atoms with Crippen molar-refractivity contribution in [3.05, 3.63) is 88.9 Å². The highest BCUT2D eigenvalue weighted by atomic mass is 16.3. The number of carbonyl (C=O) groups excluding carboxylic acids is 2. The van der Waals surface area contributed by atoms with E-state index in [1.165, 1.54) is 11.2 Å². The molecule has 2 fully saturated rings. The molecule has 3 heterocycles. The first-order valence-electron chi connectivity index (χ1n) is 12.1. The quantitative estimate of drug-likeness (QED) is 0.298. The lowest BCUT2D eigenvalue weighted by Crippen LogP contribution is -2.33. The van der Waals surface area contributed by atoms with Crippen molar-refractivity contribution >= 4 is 28.8 Å². The van der Waals surface area contributed by atoms with E-state index < -0.39 is 17.7 Å². The van der Waals surface area contributed by atoms with Gasteiger partial charge in [-0.05, 0) is 86.2 Å². The van der Waals surface area contributed by atoms with Crippen molar-refractivity contribution in [2.45, 2.75) is 39.7 Å². The van der Waals surface area contributed by atoms with Gasteiger partial charge in [0.1, 0.15) is 17.6 Å². The smallest absolute Gasteiger partial charge is 0.300 e. The molecule has 2 aromatic carbocycles. The summed E-state index contributed by atoms with van der Waals surface area (Å²) >= 11 is 0. The van der Waals surface area contributed by atoms with Gasteiger partial charge in [-0.25, -0.2) is 0 Å². The summed E-state index contributed by atoms with van der Waals surface area (Å²) in [6.45, 7) is 8.22. The number of furan rings is 1. The van der Waals surface area contributed by atoms with Crippen molar-refractivity contribution in [3.63, 3.8) is 0 Å². The molecule has 1 N–H and O–H groups in total. The molecule has 3 aromatic rings. The van der Waals surface area contributed by atoms with Crippen molar-refractivity contribution in [3.8, 4) is 0 Å². The number of anilines is 2. The van der Waals surface area contributed by atoms with Crippen LogP contribution in [0.4, 0.5) is 11.4 Å². The summed E-state index contributed by atoms with van der Waals surface area (Å²) in [4.78, 5) is 30.3. The predicted molar refractivity (Wildman–Crippen MR) is 136 cm³/mol. The van der Waals surface area contributed by atoms with Crippen LogP contribution in [0.25, 0.3) is 5.76 Å². The third kappa shape index (κ3) is 4.14. The number of carbonyl (C=O) groups is 2. The Balaban J connectivity index is 1.55. The average Bonchev–Trinajstić information content (AvgIpc) is 3.48. The van der Waals surface area contributed by atoms with Crippen LogP contribution in [-0.2, 0) is 9.59 Å². The topological polar surface area (TPSA) is 74.0 Å². The molecular formula is C29H30N2O4. The third-order valence-electron chi connectivity index (χ3n) is 7.31. The van der Waals surface area contributed by atoms with Gasteiger partial charge in [0.25, 0.3) is 11.7 Å². The number of aryl methyl sites for hydroxylation is 2. The first-order valence-corrected chi connectivity index (χ1v) is 12.1. The number of hydrogen-bond donors (Lipinski definition) is 1. The summed E-state index contributed by atoms with van der Waals surface area (Å²) in [5.41, 5.74) is 4.27. The van der Waals surface area contributed by atoms with Crippen LogP contribution in [0.1, 0.15) is 48.3 Å². The van der Waals surface area contributed by atoms with Crippen LogP contribution in [0, 0.1) is 19.8 Å². The summed E-state index contributed by atoms with van der Waals surface area (Å²) in [6, 6.07) is 15.8. The Labute approximate surface area is 205 Å². The Morgan fingerprint density at radius 2 is 1.63 bits per heavy atom. The second kappa shape index (κ2) is 9.10. The van der Waals surface area contributed by atoms with Crippen LogP contribution in [-0.4, -0.2) is 29.9 Å². The Kier molecular flexibility index (Phi) is 5.97. The van der Waals surface area contributed by atoms with Crippen molar-refractivity contribution in [1.29, 1.82) is 0 Å². The molecule has 0 aliphatic carbocycles. The van der Waals surface area contributed by atoms with E-state index in [-0.39, 0.29) is 11.3 Å². The molecule has 0 spiro atoms. The van der Waals surface area contributed by atoms with Crippen LogP contribution in [0.2, 0.25) is 0 Å². The minimum atomic E-state index is -0.853. The Morgan fingerprint density at radius 3 is 2.26 bits per heavy atom. The molecule has 180 valence electrons. The molecule has 2 aliphatic rings. The molecule has 5 rings (SSSR count). The van der Waals surface area contributed by atoms with E-state index in [1.54, 1.807) is 18.2 Å². The summed E-state index contributed by atoms with van der Waals surface area (Å²) in [7, 11) is 0. The average molecular weight is 471 g/mol. The fraction of sp³-hybridized carbons (Fsp3) is 0.310. The Bertz CT molecular complexity index is 1280. The first kappa shape index (κ1) is 23.0. The van der Waals surface area contributed by atoms with Gasteiger partial charge in [-0.3, -0.25) is 14.5 Å². The molecule has 6 heteroatoms. The number of amides is 1. The van der Waals surface area contributed by atoms with E-state index in [2.05, 4.69) is 11.8 Å². The van der Waals surface area contributed by atoms with Gasteiger partial charge in [0.15, 0.2) is 0 Å². The van der Waals surface area contributed by atoms with Crippen molar-refractivity contribution in [2.75, 3.05) is 22.9 Å². The number of piperidine rings is 1. The minimum absolute atomic E-state index is 0.0299. The molecule has 1 unspecified atom stereocenters. The normalized spacial score (nSPS) is 20.6. The highest BCUT2D eigenvalue weighted by Crippen LogP contribution is 2.42. The van der Waals surface area contributed by atoms with E-state index in [0.717, 1.165) is 48.7 Å². The maximum atomic E-state index is 13.3. The highest BCUT2D eigenvalue weighted by molar-refractivity contribution is 6.51. The number of ketones is 1. The van der Waals surface area contributed by atoms with E-state index in [0.29, 0.717) is 17.0 Å². The molecule has 1 aromatic heterocycles. The van der Waals surface area contributed by atoms with Crippen LogP contribution in [0.15, 0.2) is 70.9 Å². The maximum absolute atomic E-state index is 13.3. The molecule has 0 saturated carbocycles. The number of hydrogen-bond acceptors (Lipinski definition) is 5. The Hall–Kier alpha value is -3.80. The van der Waals surface area contributed by atoms with Gasteiger partial charge in [-0.15, -0.1) is 0 Å². The lowest BCUT2D eigenvalue weighted by molar-refractivity contribution is -0.132. The van der Waals surface area contributed by atoms with Crippen LogP contribution >= 0.6 is 0 Å². The summed E-state index contributed by atoms with van der Waals surface area (Å²) < 4.78 is 5.65. The van der Waals surface area contributed by atoms with E-state index >= 15 is 0 Å². The number of aliphatic hydroxyl groups is 1. The fourth-order valence-corrected chi connectivity index (χ4v) is 4.95. The molecule has 2 aliphatic heterocycles. The number of benzene rings is 2. The van der Waals surface area contributed by atoms with Gasteiger partial charge >= 0.3 is 0 Å². The predicted octanol–water partition coefficient (Wildman–Crippen LogP) is 5.76. The maximum Gasteiger partial charge on any atom is 0.300 e. The number of rotatable bonds is 4. The zero-order chi connectivity index (χ0) is 24.7. The number of aliphatic hydroxyl groups excluding tert-OH is 1. The minimum Gasteiger partial charge on any atom is -0.507 e. The summed E-state index contributed by atoms with van der Waals surface area (Å²) in [6.07, 6.45) is 3.83. The monoisotopic (exact) mass is 470 g/mol. The molecule has 2 saturated heterocycles. The standard InChI is InChI=1S/C29H30N2O4/c1-18-12-14-30(15-13-18)22-8-10-23(11-9-22)31-26(24-5-4-16-35-24)25(28(33)29(31)34)27(32)21-7-6-19(2)20(3)17-21/h4-11,16-18,26,32H,12-15H2,1-3H3/b27-25-. The molecule has 1 amide bonds. The molecule has 1 atom stereocenters. The number of nitrogens with zero attached hydrogens (tertiary/aromatic N) is 2.